The monoisotopic (exact) mass is 291 g/mol. The molecule has 1 aromatic rings. The standard InChI is InChI=1S/C17H29N3O/c1-6-17(3,4)20(5)12-8-11-16(21)19-15-10-7-9-14(18)13(15)2/h7,9-10H,6,8,11-12,18H2,1-5H3,(H,19,21). The number of rotatable bonds is 7. The van der Waals surface area contributed by atoms with Crippen LogP contribution < -0.4 is 11.1 Å². The van der Waals surface area contributed by atoms with Crippen molar-refractivity contribution >= 4 is 17.3 Å². The van der Waals surface area contributed by atoms with Gasteiger partial charge in [0.05, 0.1) is 0 Å². The highest BCUT2D eigenvalue weighted by atomic mass is 16.1. The van der Waals surface area contributed by atoms with Crippen LogP contribution in [0.25, 0.3) is 0 Å². The quantitative estimate of drug-likeness (QED) is 0.757. The molecule has 0 aliphatic rings. The van der Waals surface area contributed by atoms with Gasteiger partial charge < -0.3 is 16.0 Å². The second-order valence-electron chi connectivity index (χ2n) is 6.26. The van der Waals surface area contributed by atoms with Crippen molar-refractivity contribution in [3.05, 3.63) is 23.8 Å². The number of nitrogens with zero attached hydrogens (tertiary/aromatic N) is 1. The largest absolute Gasteiger partial charge is 0.398 e. The Morgan fingerprint density at radius 2 is 2.05 bits per heavy atom. The molecule has 1 aromatic carbocycles. The summed E-state index contributed by atoms with van der Waals surface area (Å²) in [5.74, 6) is 0.0476. The molecule has 0 fully saturated rings. The van der Waals surface area contributed by atoms with Crippen molar-refractivity contribution in [3.63, 3.8) is 0 Å². The van der Waals surface area contributed by atoms with E-state index in [4.69, 9.17) is 5.73 Å². The number of nitrogen functional groups attached to an aromatic ring is 1. The Hall–Kier alpha value is -1.55. The van der Waals surface area contributed by atoms with Crippen LogP contribution in [-0.4, -0.2) is 29.9 Å². The Balaban J connectivity index is 2.43. The first-order chi connectivity index (χ1) is 9.77. The van der Waals surface area contributed by atoms with E-state index in [2.05, 4.69) is 38.0 Å². The summed E-state index contributed by atoms with van der Waals surface area (Å²) in [5.41, 5.74) is 8.46. The molecule has 4 nitrogen and oxygen atoms in total. The average Bonchev–Trinajstić information content (AvgIpc) is 2.43. The molecule has 118 valence electrons. The first-order valence-corrected chi connectivity index (χ1v) is 7.64. The molecule has 3 N–H and O–H groups in total. The third-order valence-corrected chi connectivity index (χ3v) is 4.45. The maximum atomic E-state index is 12.0. The van der Waals surface area contributed by atoms with E-state index in [9.17, 15) is 4.79 Å². The average molecular weight is 291 g/mol. The molecule has 0 aliphatic carbocycles. The van der Waals surface area contributed by atoms with Crippen molar-refractivity contribution in [2.24, 2.45) is 0 Å². The van der Waals surface area contributed by atoms with Gasteiger partial charge in [0.1, 0.15) is 0 Å². The Morgan fingerprint density at radius 3 is 2.67 bits per heavy atom. The summed E-state index contributed by atoms with van der Waals surface area (Å²) in [6.45, 7) is 9.48. The molecular formula is C17H29N3O. The molecule has 1 amide bonds. The highest BCUT2D eigenvalue weighted by Gasteiger charge is 2.20. The highest BCUT2D eigenvalue weighted by Crippen LogP contribution is 2.21. The summed E-state index contributed by atoms with van der Waals surface area (Å²) in [7, 11) is 2.11. The Bertz CT molecular complexity index is 483. The first-order valence-electron chi connectivity index (χ1n) is 7.64. The van der Waals surface area contributed by atoms with Crippen LogP contribution in [0.15, 0.2) is 18.2 Å². The predicted octanol–water partition coefficient (Wildman–Crippen LogP) is 3.42. The zero-order chi connectivity index (χ0) is 16.0. The van der Waals surface area contributed by atoms with Crippen molar-refractivity contribution in [2.45, 2.75) is 52.5 Å². The number of nitrogens with one attached hydrogen (secondary N) is 1. The van der Waals surface area contributed by atoms with Crippen LogP contribution in [0.5, 0.6) is 0 Å². The van der Waals surface area contributed by atoms with Crippen LogP contribution in [0, 0.1) is 6.92 Å². The fraction of sp³-hybridized carbons (Fsp3) is 0.588. The molecule has 0 heterocycles. The molecule has 1 rings (SSSR count). The summed E-state index contributed by atoms with van der Waals surface area (Å²) >= 11 is 0. The fourth-order valence-electron chi connectivity index (χ4n) is 2.05. The molecule has 0 aliphatic heterocycles. The van der Waals surface area contributed by atoms with Crippen molar-refractivity contribution in [2.75, 3.05) is 24.6 Å². The van der Waals surface area contributed by atoms with Gasteiger partial charge in [0.25, 0.3) is 0 Å². The summed E-state index contributed by atoms with van der Waals surface area (Å²) in [4.78, 5) is 14.3. The van der Waals surface area contributed by atoms with E-state index in [1.165, 1.54) is 0 Å². The van der Waals surface area contributed by atoms with Gasteiger partial charge in [-0.3, -0.25) is 4.79 Å². The molecule has 0 unspecified atom stereocenters. The lowest BCUT2D eigenvalue weighted by atomic mass is 10.00. The SMILES string of the molecule is CCC(C)(C)N(C)CCCC(=O)Nc1cccc(N)c1C. The number of carbonyl (C=O) groups excluding carboxylic acids is 1. The molecule has 0 radical (unpaired) electrons. The van der Waals surface area contributed by atoms with Crippen LogP contribution in [0.4, 0.5) is 11.4 Å². The van der Waals surface area contributed by atoms with Gasteiger partial charge in [-0.2, -0.15) is 0 Å². The van der Waals surface area contributed by atoms with Gasteiger partial charge in [-0.05, 0) is 64.9 Å². The second-order valence-corrected chi connectivity index (χ2v) is 6.26. The van der Waals surface area contributed by atoms with E-state index >= 15 is 0 Å². The zero-order valence-corrected chi connectivity index (χ0v) is 14.0. The molecule has 21 heavy (non-hydrogen) atoms. The molecule has 0 saturated carbocycles. The maximum absolute atomic E-state index is 12.0. The molecule has 0 spiro atoms. The zero-order valence-electron chi connectivity index (χ0n) is 14.0. The van der Waals surface area contributed by atoms with Crippen LogP contribution in [-0.2, 0) is 4.79 Å². The molecule has 4 heteroatoms. The summed E-state index contributed by atoms with van der Waals surface area (Å²) < 4.78 is 0. The van der Waals surface area contributed by atoms with Gasteiger partial charge in [-0.25, -0.2) is 0 Å². The van der Waals surface area contributed by atoms with Crippen molar-refractivity contribution in [1.82, 2.24) is 4.90 Å². The van der Waals surface area contributed by atoms with Crippen LogP contribution in [0.1, 0.15) is 45.6 Å². The highest BCUT2D eigenvalue weighted by molar-refractivity contribution is 5.92. The number of hydrogen-bond donors (Lipinski definition) is 2. The van der Waals surface area contributed by atoms with Gasteiger partial charge in [0.15, 0.2) is 0 Å². The third-order valence-electron chi connectivity index (χ3n) is 4.45. The number of hydrogen-bond acceptors (Lipinski definition) is 3. The number of amides is 1. The summed E-state index contributed by atoms with van der Waals surface area (Å²) in [6.07, 6.45) is 2.48. The number of anilines is 2. The lowest BCUT2D eigenvalue weighted by Gasteiger charge is -2.34. The van der Waals surface area contributed by atoms with E-state index in [-0.39, 0.29) is 11.4 Å². The first kappa shape index (κ1) is 17.5. The Morgan fingerprint density at radius 1 is 1.38 bits per heavy atom. The topological polar surface area (TPSA) is 58.4 Å². The second kappa shape index (κ2) is 7.46. The fourth-order valence-corrected chi connectivity index (χ4v) is 2.05. The van der Waals surface area contributed by atoms with Crippen molar-refractivity contribution in [1.29, 1.82) is 0 Å². The van der Waals surface area contributed by atoms with Gasteiger partial charge in [0, 0.05) is 23.3 Å². The van der Waals surface area contributed by atoms with E-state index in [1.807, 2.05) is 25.1 Å². The maximum Gasteiger partial charge on any atom is 0.224 e. The number of carbonyl (C=O) groups is 1. The van der Waals surface area contributed by atoms with E-state index in [0.29, 0.717) is 12.1 Å². The van der Waals surface area contributed by atoms with E-state index in [0.717, 1.165) is 30.6 Å². The molecule has 0 bridgehead atoms. The van der Waals surface area contributed by atoms with Crippen molar-refractivity contribution in [3.8, 4) is 0 Å². The molecular weight excluding hydrogens is 262 g/mol. The summed E-state index contributed by atoms with van der Waals surface area (Å²) in [6, 6.07) is 5.58. The van der Waals surface area contributed by atoms with E-state index < -0.39 is 0 Å². The normalized spacial score (nSPS) is 11.7. The minimum absolute atomic E-state index is 0.0476. The number of nitrogens with two attached hydrogens (primary N) is 1. The molecule has 0 aromatic heterocycles. The predicted molar refractivity (Wildman–Crippen MR) is 90.5 cm³/mol. The number of benzene rings is 1. The van der Waals surface area contributed by atoms with Gasteiger partial charge in [-0.1, -0.05) is 13.0 Å². The molecule has 0 atom stereocenters. The van der Waals surface area contributed by atoms with Crippen LogP contribution in [0.2, 0.25) is 0 Å². The smallest absolute Gasteiger partial charge is 0.224 e. The lowest BCUT2D eigenvalue weighted by molar-refractivity contribution is -0.116. The third kappa shape index (κ3) is 5.05. The Kier molecular flexibility index (Phi) is 6.21. The van der Waals surface area contributed by atoms with Gasteiger partial charge in [-0.15, -0.1) is 0 Å². The minimum Gasteiger partial charge on any atom is -0.398 e. The Labute approximate surface area is 128 Å². The van der Waals surface area contributed by atoms with Gasteiger partial charge in [0.2, 0.25) is 5.91 Å². The lowest BCUT2D eigenvalue weighted by Crippen LogP contribution is -2.41. The molecule has 0 saturated heterocycles. The minimum atomic E-state index is 0.0476. The van der Waals surface area contributed by atoms with Gasteiger partial charge >= 0.3 is 0 Å². The van der Waals surface area contributed by atoms with Crippen LogP contribution >= 0.6 is 0 Å². The van der Waals surface area contributed by atoms with E-state index in [1.54, 1.807) is 0 Å². The van der Waals surface area contributed by atoms with Crippen molar-refractivity contribution < 1.29 is 4.79 Å². The summed E-state index contributed by atoms with van der Waals surface area (Å²) in [5, 5.41) is 2.94. The van der Waals surface area contributed by atoms with Crippen LogP contribution in [0.3, 0.4) is 0 Å².